The molecule has 0 amide bonds. The Bertz CT molecular complexity index is 702. The number of nitrogens with zero attached hydrogens (tertiary/aromatic N) is 3. The van der Waals surface area contributed by atoms with E-state index < -0.39 is 17.8 Å². The first-order valence-electron chi connectivity index (χ1n) is 11.0. The van der Waals surface area contributed by atoms with Crippen molar-refractivity contribution < 1.29 is 23.0 Å². The normalized spacial score (nSPS) is 17.9. The highest BCUT2D eigenvalue weighted by molar-refractivity contribution is 14.0. The quantitative estimate of drug-likeness (QED) is 0.255. The summed E-state index contributed by atoms with van der Waals surface area (Å²) < 4.78 is 43.7. The topological polar surface area (TPSA) is 60.3 Å². The van der Waals surface area contributed by atoms with Crippen molar-refractivity contribution in [1.29, 1.82) is 0 Å². The molecule has 1 aliphatic heterocycles. The molecule has 2 N–H and O–H groups in total. The summed E-state index contributed by atoms with van der Waals surface area (Å²) in [6, 6.07) is 4.64. The predicted molar refractivity (Wildman–Crippen MR) is 132 cm³/mol. The van der Waals surface area contributed by atoms with Crippen molar-refractivity contribution in [2.24, 2.45) is 10.9 Å². The summed E-state index contributed by atoms with van der Waals surface area (Å²) >= 11 is 0. The van der Waals surface area contributed by atoms with E-state index in [1.165, 1.54) is 12.1 Å². The highest BCUT2D eigenvalue weighted by Gasteiger charge is 2.30. The van der Waals surface area contributed by atoms with Crippen LogP contribution in [0.1, 0.15) is 32.8 Å². The summed E-state index contributed by atoms with van der Waals surface area (Å²) in [6.07, 6.45) is -4.25. The Hall–Kier alpha value is -1.27. The predicted octanol–water partition coefficient (Wildman–Crippen LogP) is 3.69. The minimum atomic E-state index is -4.43. The van der Waals surface area contributed by atoms with Crippen LogP contribution in [0.15, 0.2) is 29.3 Å². The van der Waals surface area contributed by atoms with E-state index in [-0.39, 0.29) is 42.9 Å². The molecule has 2 rings (SSSR count). The molecule has 1 heterocycles. The van der Waals surface area contributed by atoms with Crippen molar-refractivity contribution in [3.8, 4) is 5.75 Å². The van der Waals surface area contributed by atoms with Crippen LogP contribution in [0.3, 0.4) is 0 Å². The van der Waals surface area contributed by atoms with Gasteiger partial charge in [-0.25, -0.2) is 0 Å². The lowest BCUT2D eigenvalue weighted by Crippen LogP contribution is -2.41. The first-order chi connectivity index (χ1) is 14.8. The molecule has 1 aromatic rings. The second kappa shape index (κ2) is 14.1. The molecule has 0 saturated carbocycles. The SMILES string of the molecule is CCNC(=NCC(O)COc1cccc(C(F)(F)F)c1)N1CCC(CN(CC)CC)C1.I. The Balaban J connectivity index is 0.00000512. The summed E-state index contributed by atoms with van der Waals surface area (Å²) in [6.45, 7) is 12.0. The summed E-state index contributed by atoms with van der Waals surface area (Å²) in [4.78, 5) is 9.16. The number of alkyl halides is 3. The van der Waals surface area contributed by atoms with Crippen LogP contribution in [0.2, 0.25) is 0 Å². The maximum atomic E-state index is 12.8. The fraction of sp³-hybridized carbons (Fsp3) is 0.682. The molecular weight excluding hydrogens is 536 g/mol. The number of benzene rings is 1. The molecule has 0 radical (unpaired) electrons. The van der Waals surface area contributed by atoms with E-state index in [0.29, 0.717) is 12.5 Å². The Morgan fingerprint density at radius 2 is 2.03 bits per heavy atom. The monoisotopic (exact) mass is 572 g/mol. The van der Waals surface area contributed by atoms with Crippen LogP contribution in [0, 0.1) is 5.92 Å². The molecule has 6 nitrogen and oxygen atoms in total. The van der Waals surface area contributed by atoms with Crippen molar-refractivity contribution in [1.82, 2.24) is 15.1 Å². The number of aliphatic hydroxyl groups is 1. The zero-order valence-corrected chi connectivity index (χ0v) is 21.4. The standard InChI is InChI=1S/C22H35F3N4O2.HI/c1-4-26-21(29-11-10-17(15-29)14-28(5-2)6-3)27-13-19(30)16-31-20-9-7-8-18(12-20)22(23,24)25;/h7-9,12,17,19,30H,4-6,10-11,13-16H2,1-3H3,(H,26,27);1H. The smallest absolute Gasteiger partial charge is 0.416 e. The van der Waals surface area contributed by atoms with Gasteiger partial charge in [0, 0.05) is 26.2 Å². The van der Waals surface area contributed by atoms with Crippen LogP contribution in [0.5, 0.6) is 5.75 Å². The average Bonchev–Trinajstić information content (AvgIpc) is 3.21. The van der Waals surface area contributed by atoms with E-state index in [0.717, 1.165) is 57.2 Å². The van der Waals surface area contributed by atoms with E-state index >= 15 is 0 Å². The van der Waals surface area contributed by atoms with Crippen molar-refractivity contribution in [2.75, 3.05) is 52.4 Å². The number of aliphatic hydroxyl groups excluding tert-OH is 1. The highest BCUT2D eigenvalue weighted by Crippen LogP contribution is 2.31. The molecule has 1 fully saturated rings. The lowest BCUT2D eigenvalue weighted by Gasteiger charge is -2.24. The number of ether oxygens (including phenoxy) is 1. The molecule has 184 valence electrons. The van der Waals surface area contributed by atoms with Crippen LogP contribution >= 0.6 is 24.0 Å². The van der Waals surface area contributed by atoms with E-state index in [9.17, 15) is 18.3 Å². The average molecular weight is 572 g/mol. The number of likely N-dealkylation sites (tertiary alicyclic amines) is 1. The molecule has 32 heavy (non-hydrogen) atoms. The van der Waals surface area contributed by atoms with Gasteiger partial charge in [-0.15, -0.1) is 24.0 Å². The van der Waals surface area contributed by atoms with Crippen molar-refractivity contribution in [3.63, 3.8) is 0 Å². The molecule has 1 aromatic carbocycles. The van der Waals surface area contributed by atoms with Gasteiger partial charge in [-0.05, 0) is 50.6 Å². The van der Waals surface area contributed by atoms with Crippen molar-refractivity contribution >= 4 is 29.9 Å². The fourth-order valence-corrected chi connectivity index (χ4v) is 3.65. The third-order valence-corrected chi connectivity index (χ3v) is 5.39. The number of guanidine groups is 1. The summed E-state index contributed by atoms with van der Waals surface area (Å²) in [5.41, 5.74) is -0.778. The van der Waals surface area contributed by atoms with Crippen LogP contribution < -0.4 is 10.1 Å². The van der Waals surface area contributed by atoms with Gasteiger partial charge < -0.3 is 25.0 Å². The molecule has 2 atom stereocenters. The molecule has 1 saturated heterocycles. The van der Waals surface area contributed by atoms with Crippen molar-refractivity contribution in [3.05, 3.63) is 29.8 Å². The third-order valence-electron chi connectivity index (χ3n) is 5.39. The van der Waals surface area contributed by atoms with E-state index in [4.69, 9.17) is 4.74 Å². The summed E-state index contributed by atoms with van der Waals surface area (Å²) in [7, 11) is 0. The third kappa shape index (κ3) is 9.30. The Morgan fingerprint density at radius 1 is 1.31 bits per heavy atom. The Labute approximate surface area is 206 Å². The number of nitrogens with one attached hydrogen (secondary N) is 1. The Kier molecular flexibility index (Phi) is 12.7. The van der Waals surface area contributed by atoms with E-state index in [1.807, 2.05) is 6.92 Å². The van der Waals surface area contributed by atoms with Gasteiger partial charge in [-0.3, -0.25) is 4.99 Å². The van der Waals surface area contributed by atoms with Gasteiger partial charge in [0.2, 0.25) is 0 Å². The fourth-order valence-electron chi connectivity index (χ4n) is 3.65. The minimum absolute atomic E-state index is 0. The number of hydrogen-bond donors (Lipinski definition) is 2. The molecule has 0 aromatic heterocycles. The van der Waals surface area contributed by atoms with Crippen LogP contribution in [0.4, 0.5) is 13.2 Å². The Morgan fingerprint density at radius 3 is 2.66 bits per heavy atom. The number of rotatable bonds is 10. The van der Waals surface area contributed by atoms with E-state index in [2.05, 4.69) is 34.0 Å². The van der Waals surface area contributed by atoms with Crippen molar-refractivity contribution in [2.45, 2.75) is 39.5 Å². The lowest BCUT2D eigenvalue weighted by atomic mass is 10.1. The van der Waals surface area contributed by atoms with Crippen LogP contribution in [-0.4, -0.2) is 79.4 Å². The second-order valence-electron chi connectivity index (χ2n) is 7.77. The zero-order valence-electron chi connectivity index (χ0n) is 19.1. The highest BCUT2D eigenvalue weighted by atomic mass is 127. The number of halogens is 4. The summed E-state index contributed by atoms with van der Waals surface area (Å²) in [5, 5.41) is 13.5. The van der Waals surface area contributed by atoms with Gasteiger partial charge in [0.05, 0.1) is 12.1 Å². The minimum Gasteiger partial charge on any atom is -0.491 e. The van der Waals surface area contributed by atoms with Crippen LogP contribution in [-0.2, 0) is 6.18 Å². The molecular formula is C22H36F3IN4O2. The molecule has 0 aliphatic carbocycles. The molecule has 2 unspecified atom stereocenters. The molecule has 10 heteroatoms. The van der Waals surface area contributed by atoms with Gasteiger partial charge in [0.1, 0.15) is 18.5 Å². The van der Waals surface area contributed by atoms with Gasteiger partial charge >= 0.3 is 6.18 Å². The van der Waals surface area contributed by atoms with Crippen LogP contribution in [0.25, 0.3) is 0 Å². The first-order valence-corrected chi connectivity index (χ1v) is 11.0. The van der Waals surface area contributed by atoms with Gasteiger partial charge in [-0.2, -0.15) is 13.2 Å². The largest absolute Gasteiger partial charge is 0.491 e. The van der Waals surface area contributed by atoms with E-state index in [1.54, 1.807) is 0 Å². The maximum Gasteiger partial charge on any atom is 0.416 e. The molecule has 0 bridgehead atoms. The number of aliphatic imine (C=N–C) groups is 1. The maximum absolute atomic E-state index is 12.8. The lowest BCUT2D eigenvalue weighted by molar-refractivity contribution is -0.137. The number of hydrogen-bond acceptors (Lipinski definition) is 4. The molecule has 0 spiro atoms. The molecule has 1 aliphatic rings. The first kappa shape index (κ1) is 28.8. The second-order valence-corrected chi connectivity index (χ2v) is 7.77. The van der Waals surface area contributed by atoms with Gasteiger partial charge in [0.25, 0.3) is 0 Å². The van der Waals surface area contributed by atoms with Gasteiger partial charge in [-0.1, -0.05) is 19.9 Å². The summed E-state index contributed by atoms with van der Waals surface area (Å²) in [5.74, 6) is 1.41. The van der Waals surface area contributed by atoms with Gasteiger partial charge in [0.15, 0.2) is 5.96 Å². The zero-order chi connectivity index (χ0) is 22.9.